The van der Waals surface area contributed by atoms with E-state index in [0.717, 1.165) is 19.5 Å². The Morgan fingerprint density at radius 2 is 1.86 bits per heavy atom. The SMILES string of the molecule is CC1CCNCC1CNC(=O)C1CCC(C(F)(F)F)CC1. The quantitative estimate of drug-likeness (QED) is 0.842. The lowest BCUT2D eigenvalue weighted by Crippen LogP contribution is -2.44. The highest BCUT2D eigenvalue weighted by atomic mass is 19.4. The lowest BCUT2D eigenvalue weighted by Gasteiger charge is -2.32. The average Bonchev–Trinajstić information content (AvgIpc) is 2.45. The molecule has 0 aromatic carbocycles. The minimum absolute atomic E-state index is 0.0617. The molecule has 21 heavy (non-hydrogen) atoms. The molecule has 2 N–H and O–H groups in total. The molecule has 0 spiro atoms. The highest BCUT2D eigenvalue weighted by Crippen LogP contribution is 2.39. The Bertz CT molecular complexity index is 351. The molecule has 2 aliphatic rings. The van der Waals surface area contributed by atoms with Crippen LogP contribution < -0.4 is 10.6 Å². The first-order valence-corrected chi connectivity index (χ1v) is 7.93. The van der Waals surface area contributed by atoms with Gasteiger partial charge < -0.3 is 10.6 Å². The van der Waals surface area contributed by atoms with Crippen molar-refractivity contribution in [3.05, 3.63) is 0 Å². The maximum absolute atomic E-state index is 12.6. The second kappa shape index (κ2) is 6.99. The van der Waals surface area contributed by atoms with Gasteiger partial charge in [-0.15, -0.1) is 0 Å². The van der Waals surface area contributed by atoms with E-state index >= 15 is 0 Å². The Kier molecular flexibility index (Phi) is 5.52. The van der Waals surface area contributed by atoms with E-state index in [1.165, 1.54) is 0 Å². The van der Waals surface area contributed by atoms with Crippen molar-refractivity contribution in [1.82, 2.24) is 10.6 Å². The Balaban J connectivity index is 1.72. The zero-order valence-corrected chi connectivity index (χ0v) is 12.5. The summed E-state index contributed by atoms with van der Waals surface area (Å²) in [6.45, 7) is 4.74. The van der Waals surface area contributed by atoms with Gasteiger partial charge in [0.1, 0.15) is 0 Å². The first-order valence-electron chi connectivity index (χ1n) is 7.93. The highest BCUT2D eigenvalue weighted by molar-refractivity contribution is 5.78. The van der Waals surface area contributed by atoms with Crippen LogP contribution in [0.25, 0.3) is 0 Å². The van der Waals surface area contributed by atoms with Crippen LogP contribution in [0.1, 0.15) is 39.0 Å². The molecule has 1 aliphatic heterocycles. The third kappa shape index (κ3) is 4.59. The van der Waals surface area contributed by atoms with Gasteiger partial charge in [-0.2, -0.15) is 13.2 Å². The Labute approximate surface area is 124 Å². The maximum Gasteiger partial charge on any atom is 0.391 e. The summed E-state index contributed by atoms with van der Waals surface area (Å²) in [7, 11) is 0. The van der Waals surface area contributed by atoms with E-state index in [4.69, 9.17) is 0 Å². The lowest BCUT2D eigenvalue weighted by atomic mass is 9.81. The number of nitrogens with one attached hydrogen (secondary N) is 2. The van der Waals surface area contributed by atoms with Crippen LogP contribution in [0.15, 0.2) is 0 Å². The number of rotatable bonds is 3. The van der Waals surface area contributed by atoms with Crippen molar-refractivity contribution < 1.29 is 18.0 Å². The fourth-order valence-electron chi connectivity index (χ4n) is 3.39. The van der Waals surface area contributed by atoms with Gasteiger partial charge in [-0.05, 0) is 57.0 Å². The summed E-state index contributed by atoms with van der Waals surface area (Å²) in [6, 6.07) is 0. The molecule has 2 atom stereocenters. The van der Waals surface area contributed by atoms with Crippen LogP contribution in [0.2, 0.25) is 0 Å². The third-order valence-electron chi connectivity index (χ3n) is 5.09. The fraction of sp³-hybridized carbons (Fsp3) is 0.933. The summed E-state index contributed by atoms with van der Waals surface area (Å²) in [6.07, 6.45) is -2.11. The summed E-state index contributed by atoms with van der Waals surface area (Å²) < 4.78 is 37.8. The zero-order chi connectivity index (χ0) is 15.5. The molecule has 122 valence electrons. The van der Waals surface area contributed by atoms with Crippen LogP contribution in [0.5, 0.6) is 0 Å². The highest BCUT2D eigenvalue weighted by Gasteiger charge is 2.42. The van der Waals surface area contributed by atoms with Crippen molar-refractivity contribution >= 4 is 5.91 Å². The summed E-state index contributed by atoms with van der Waals surface area (Å²) in [5.74, 6) is -0.519. The van der Waals surface area contributed by atoms with E-state index in [0.29, 0.717) is 31.2 Å². The Hall–Kier alpha value is -0.780. The number of carbonyl (C=O) groups is 1. The number of carbonyl (C=O) groups excluding carboxylic acids is 1. The van der Waals surface area contributed by atoms with E-state index in [1.54, 1.807) is 0 Å². The van der Waals surface area contributed by atoms with Crippen LogP contribution >= 0.6 is 0 Å². The van der Waals surface area contributed by atoms with Gasteiger partial charge in [0.15, 0.2) is 0 Å². The van der Waals surface area contributed by atoms with Crippen molar-refractivity contribution in [1.29, 1.82) is 0 Å². The molecule has 1 saturated carbocycles. The lowest BCUT2D eigenvalue weighted by molar-refractivity contribution is -0.184. The van der Waals surface area contributed by atoms with Gasteiger partial charge in [0.05, 0.1) is 5.92 Å². The maximum atomic E-state index is 12.6. The molecule has 1 heterocycles. The normalized spacial score (nSPS) is 34.5. The van der Waals surface area contributed by atoms with Gasteiger partial charge in [-0.3, -0.25) is 4.79 Å². The first kappa shape index (κ1) is 16.6. The number of amides is 1. The van der Waals surface area contributed by atoms with E-state index in [2.05, 4.69) is 17.6 Å². The minimum atomic E-state index is -4.11. The van der Waals surface area contributed by atoms with Crippen LogP contribution in [0, 0.1) is 23.7 Å². The van der Waals surface area contributed by atoms with Crippen molar-refractivity contribution in [2.24, 2.45) is 23.7 Å². The van der Waals surface area contributed by atoms with Crippen LogP contribution in [0.3, 0.4) is 0 Å². The molecule has 0 aromatic heterocycles. The van der Waals surface area contributed by atoms with Crippen LogP contribution in [0.4, 0.5) is 13.2 Å². The molecule has 2 unspecified atom stereocenters. The van der Waals surface area contributed by atoms with Crippen molar-refractivity contribution in [2.75, 3.05) is 19.6 Å². The van der Waals surface area contributed by atoms with Crippen molar-refractivity contribution in [3.63, 3.8) is 0 Å². The number of piperidine rings is 1. The van der Waals surface area contributed by atoms with Crippen molar-refractivity contribution in [3.8, 4) is 0 Å². The van der Waals surface area contributed by atoms with Crippen LogP contribution in [-0.2, 0) is 4.79 Å². The molecule has 2 fully saturated rings. The smallest absolute Gasteiger partial charge is 0.356 e. The second-order valence-electron chi connectivity index (χ2n) is 6.57. The third-order valence-corrected chi connectivity index (χ3v) is 5.09. The molecule has 1 saturated heterocycles. The second-order valence-corrected chi connectivity index (χ2v) is 6.57. The molecule has 0 bridgehead atoms. The summed E-state index contributed by atoms with van der Waals surface area (Å²) >= 11 is 0. The first-order chi connectivity index (χ1) is 9.88. The summed E-state index contributed by atoms with van der Waals surface area (Å²) in [5.41, 5.74) is 0. The molecule has 0 aromatic rings. The topological polar surface area (TPSA) is 41.1 Å². The summed E-state index contributed by atoms with van der Waals surface area (Å²) in [5, 5.41) is 6.26. The van der Waals surface area contributed by atoms with E-state index < -0.39 is 12.1 Å². The molecular formula is C15H25F3N2O. The van der Waals surface area contributed by atoms with E-state index in [9.17, 15) is 18.0 Å². The van der Waals surface area contributed by atoms with Gasteiger partial charge in [0, 0.05) is 12.5 Å². The monoisotopic (exact) mass is 306 g/mol. The Morgan fingerprint density at radius 1 is 1.19 bits per heavy atom. The molecule has 3 nitrogen and oxygen atoms in total. The number of hydrogen-bond donors (Lipinski definition) is 2. The number of alkyl halides is 3. The predicted molar refractivity (Wildman–Crippen MR) is 74.7 cm³/mol. The van der Waals surface area contributed by atoms with Gasteiger partial charge in [0.25, 0.3) is 0 Å². The van der Waals surface area contributed by atoms with E-state index in [-0.39, 0.29) is 24.7 Å². The number of halogens is 3. The zero-order valence-electron chi connectivity index (χ0n) is 12.5. The Morgan fingerprint density at radius 3 is 2.43 bits per heavy atom. The summed E-state index contributed by atoms with van der Waals surface area (Å²) in [4.78, 5) is 12.1. The van der Waals surface area contributed by atoms with Gasteiger partial charge in [-0.1, -0.05) is 6.92 Å². The molecule has 6 heteroatoms. The van der Waals surface area contributed by atoms with Crippen LogP contribution in [-0.4, -0.2) is 31.7 Å². The standard InChI is InChI=1S/C15H25F3N2O/c1-10-6-7-19-8-12(10)9-20-14(21)11-2-4-13(5-3-11)15(16,17)18/h10-13,19H,2-9H2,1H3,(H,20,21). The van der Waals surface area contributed by atoms with Crippen molar-refractivity contribution in [2.45, 2.75) is 45.2 Å². The molecule has 1 amide bonds. The van der Waals surface area contributed by atoms with E-state index in [1.807, 2.05) is 0 Å². The largest absolute Gasteiger partial charge is 0.391 e. The number of hydrogen-bond acceptors (Lipinski definition) is 2. The molecule has 2 rings (SSSR count). The predicted octanol–water partition coefficient (Wildman–Crippen LogP) is 2.72. The average molecular weight is 306 g/mol. The molecular weight excluding hydrogens is 281 g/mol. The van der Waals surface area contributed by atoms with Gasteiger partial charge >= 0.3 is 6.18 Å². The minimum Gasteiger partial charge on any atom is -0.356 e. The van der Waals surface area contributed by atoms with Gasteiger partial charge in [0.2, 0.25) is 5.91 Å². The molecule has 0 radical (unpaired) electrons. The van der Waals surface area contributed by atoms with Gasteiger partial charge in [-0.25, -0.2) is 0 Å². The molecule has 1 aliphatic carbocycles. The fourth-order valence-corrected chi connectivity index (χ4v) is 3.39.